The molecule has 10 heteroatoms. The minimum atomic E-state index is -3.78. The van der Waals surface area contributed by atoms with Gasteiger partial charge < -0.3 is 0 Å². The van der Waals surface area contributed by atoms with E-state index in [1.807, 2.05) is 13.8 Å². The first-order chi connectivity index (χ1) is 13.3. The molecule has 0 radical (unpaired) electrons. The van der Waals surface area contributed by atoms with Gasteiger partial charge in [-0.3, -0.25) is 0 Å². The molecular weight excluding hydrogens is 379 g/mol. The van der Waals surface area contributed by atoms with Crippen LogP contribution in [-0.4, -0.2) is 46.3 Å². The van der Waals surface area contributed by atoms with Crippen LogP contribution in [0.25, 0.3) is 0 Å². The molecule has 0 amide bonds. The average Bonchev–Trinajstić information content (AvgIpc) is 2.65. The Kier molecular flexibility index (Phi) is 10.6. The van der Waals surface area contributed by atoms with E-state index in [9.17, 15) is 17.9 Å². The predicted molar refractivity (Wildman–Crippen MR) is 110 cm³/mol. The number of Topliss-reactive ketones (excluding diaryl/α,β-unsaturated/α-hetero) is 1. The number of nitrogens with zero attached hydrogens (tertiary/aromatic N) is 1. The first-order valence-corrected chi connectivity index (χ1v) is 10.9. The van der Waals surface area contributed by atoms with E-state index in [1.54, 1.807) is 12.1 Å². The van der Waals surface area contributed by atoms with Gasteiger partial charge in [0.05, 0.1) is 0 Å². The SMILES string of the molecule is CCCCC(=O)[C@H](CCCN=C(N)NS(=O)(=O)c1ccc(C)cc1)NCB=O. The summed E-state index contributed by atoms with van der Waals surface area (Å²) in [6.45, 7) is 4.14. The molecule has 0 saturated carbocycles. The van der Waals surface area contributed by atoms with E-state index < -0.39 is 16.1 Å². The van der Waals surface area contributed by atoms with E-state index >= 15 is 0 Å². The number of hydrogen-bond donors (Lipinski definition) is 3. The van der Waals surface area contributed by atoms with Gasteiger partial charge in [0.15, 0.2) is 0 Å². The third-order valence-electron chi connectivity index (χ3n) is 4.12. The van der Waals surface area contributed by atoms with Gasteiger partial charge in [0.1, 0.15) is 0 Å². The third kappa shape index (κ3) is 8.75. The van der Waals surface area contributed by atoms with E-state index in [2.05, 4.69) is 15.0 Å². The fraction of sp³-hybridized carbons (Fsp3) is 0.556. The second-order valence-corrected chi connectivity index (χ2v) is 8.21. The molecule has 1 aromatic rings. The molecular formula is C18H29BN4O4S. The second-order valence-electron chi connectivity index (χ2n) is 6.53. The number of ketones is 1. The molecule has 0 aliphatic carbocycles. The summed E-state index contributed by atoms with van der Waals surface area (Å²) in [6, 6.07) is 5.98. The molecule has 28 heavy (non-hydrogen) atoms. The molecule has 0 unspecified atom stereocenters. The van der Waals surface area contributed by atoms with Crippen molar-refractivity contribution in [2.75, 3.05) is 13.0 Å². The molecule has 0 bridgehead atoms. The number of guanidine groups is 1. The van der Waals surface area contributed by atoms with Crippen LogP contribution in [0.4, 0.5) is 0 Å². The van der Waals surface area contributed by atoms with E-state index in [1.165, 1.54) is 12.1 Å². The summed E-state index contributed by atoms with van der Waals surface area (Å²) in [5, 5.41) is 2.92. The van der Waals surface area contributed by atoms with Crippen LogP contribution in [0.15, 0.2) is 34.2 Å². The van der Waals surface area contributed by atoms with Crippen LogP contribution in [0.5, 0.6) is 0 Å². The molecule has 1 rings (SSSR count). The maximum atomic E-state index is 12.2. The van der Waals surface area contributed by atoms with Gasteiger partial charge in [0.25, 0.3) is 0 Å². The Bertz CT molecular complexity index is 766. The Labute approximate surface area is 167 Å². The first kappa shape index (κ1) is 24.0. The van der Waals surface area contributed by atoms with Gasteiger partial charge in [-0.15, -0.1) is 0 Å². The zero-order valence-corrected chi connectivity index (χ0v) is 17.3. The monoisotopic (exact) mass is 408 g/mol. The van der Waals surface area contributed by atoms with Gasteiger partial charge in [-0.2, -0.15) is 0 Å². The summed E-state index contributed by atoms with van der Waals surface area (Å²) in [5.74, 6) is -0.129. The summed E-state index contributed by atoms with van der Waals surface area (Å²) >= 11 is 0. The average molecular weight is 408 g/mol. The van der Waals surface area contributed by atoms with Crippen molar-refractivity contribution in [3.63, 3.8) is 0 Å². The predicted octanol–water partition coefficient (Wildman–Crippen LogP) is 1.09. The first-order valence-electron chi connectivity index (χ1n) is 9.39. The van der Waals surface area contributed by atoms with E-state index in [0.717, 1.165) is 25.6 Å². The van der Waals surface area contributed by atoms with Crippen molar-refractivity contribution in [3.8, 4) is 0 Å². The maximum absolute atomic E-state index is 12.2. The number of nitrogens with two attached hydrogens (primary N) is 1. The minimum absolute atomic E-state index is 0.0701. The number of carbonyl (C=O) groups is 1. The van der Waals surface area contributed by atoms with Crippen molar-refractivity contribution < 1.29 is 17.9 Å². The molecule has 0 aromatic heterocycles. The third-order valence-corrected chi connectivity index (χ3v) is 5.49. The van der Waals surface area contributed by atoms with Crippen molar-refractivity contribution in [1.29, 1.82) is 0 Å². The molecule has 8 nitrogen and oxygen atoms in total. The number of nitrogens with one attached hydrogen (secondary N) is 2. The number of carbonyl (C=O) groups excluding carboxylic acids is 1. The Hall–Kier alpha value is -2.07. The van der Waals surface area contributed by atoms with Crippen LogP contribution in [0.2, 0.25) is 0 Å². The second kappa shape index (κ2) is 12.4. The van der Waals surface area contributed by atoms with Crippen LogP contribution in [0.1, 0.15) is 44.6 Å². The molecule has 0 aliphatic rings. The molecule has 154 valence electrons. The van der Waals surface area contributed by atoms with Gasteiger partial charge >= 0.3 is 143 Å². The van der Waals surface area contributed by atoms with Crippen molar-refractivity contribution in [2.24, 2.45) is 10.7 Å². The van der Waals surface area contributed by atoms with Gasteiger partial charge in [-0.25, -0.2) is 0 Å². The van der Waals surface area contributed by atoms with Crippen LogP contribution in [0.3, 0.4) is 0 Å². The molecule has 0 heterocycles. The van der Waals surface area contributed by atoms with Gasteiger partial charge in [-0.05, 0) is 6.92 Å². The summed E-state index contributed by atoms with van der Waals surface area (Å²) in [7, 11) is -3.06. The topological polar surface area (TPSA) is 131 Å². The number of rotatable bonds is 13. The molecule has 0 spiro atoms. The summed E-state index contributed by atoms with van der Waals surface area (Å²) in [5.41, 5.74) is 6.63. The fourth-order valence-electron chi connectivity index (χ4n) is 2.53. The van der Waals surface area contributed by atoms with E-state index in [4.69, 9.17) is 5.73 Å². The molecule has 1 atom stereocenters. The van der Waals surface area contributed by atoms with E-state index in [0.29, 0.717) is 19.3 Å². The van der Waals surface area contributed by atoms with E-state index in [-0.39, 0.29) is 29.6 Å². The van der Waals surface area contributed by atoms with Crippen LogP contribution < -0.4 is 15.8 Å². The quantitative estimate of drug-likeness (QED) is 0.194. The van der Waals surface area contributed by atoms with Gasteiger partial charge in [-0.1, -0.05) is 17.7 Å². The number of aliphatic imine (C=N–C) groups is 1. The van der Waals surface area contributed by atoms with Crippen molar-refractivity contribution in [3.05, 3.63) is 29.8 Å². The van der Waals surface area contributed by atoms with Crippen LogP contribution >= 0.6 is 0 Å². The van der Waals surface area contributed by atoms with Crippen LogP contribution in [-0.2, 0) is 19.5 Å². The molecule has 1 aromatic carbocycles. The molecule has 0 aliphatic heterocycles. The molecule has 0 saturated heterocycles. The molecule has 4 N–H and O–H groups in total. The van der Waals surface area contributed by atoms with Crippen molar-refractivity contribution >= 4 is 28.9 Å². The van der Waals surface area contributed by atoms with Gasteiger partial charge in [0, 0.05) is 0 Å². The van der Waals surface area contributed by atoms with Crippen LogP contribution in [0, 0.1) is 6.92 Å². The summed E-state index contributed by atoms with van der Waals surface area (Å²) < 4.78 is 37.3. The summed E-state index contributed by atoms with van der Waals surface area (Å²) in [4.78, 5) is 16.3. The Morgan fingerprint density at radius 1 is 1.25 bits per heavy atom. The zero-order chi connectivity index (χ0) is 21.0. The normalized spacial score (nSPS) is 13.0. The fourth-order valence-corrected chi connectivity index (χ4v) is 3.49. The van der Waals surface area contributed by atoms with Crippen molar-refractivity contribution in [2.45, 2.75) is 56.9 Å². The Morgan fingerprint density at radius 3 is 2.54 bits per heavy atom. The zero-order valence-electron chi connectivity index (χ0n) is 16.5. The number of benzene rings is 1. The standard InChI is InChI=1S/C18H29BN4O4S/c1-3-4-7-17(24)16(22-13-19-25)6-5-12-21-18(20)23-28(26,27)15-10-8-14(2)9-11-15/h8-11,16,22H,3-7,12-13H2,1-2H3,(H3,20,21,23)/t16-/m0/s1. The summed E-state index contributed by atoms with van der Waals surface area (Å²) in [6.07, 6.45) is 3.34. The van der Waals surface area contributed by atoms with Crippen molar-refractivity contribution in [1.82, 2.24) is 10.0 Å². The number of sulfonamides is 1. The Balaban J connectivity index is 2.55. The number of unbranched alkanes of at least 4 members (excludes halogenated alkanes) is 1. The number of hydrogen-bond acceptors (Lipinski definition) is 6. The number of aryl methyl sites for hydroxylation is 1. The van der Waals surface area contributed by atoms with Gasteiger partial charge in [0.2, 0.25) is 0 Å². The molecule has 0 fully saturated rings. The Morgan fingerprint density at radius 2 is 1.93 bits per heavy atom.